The molecule has 1 aromatic carbocycles. The second-order valence-electron chi connectivity index (χ2n) is 4.64. The number of piperidine rings is 1. The molecule has 0 radical (unpaired) electrons. The molecule has 0 aliphatic carbocycles. The predicted molar refractivity (Wildman–Crippen MR) is 70.2 cm³/mol. The van der Waals surface area contributed by atoms with Crippen molar-refractivity contribution in [3.8, 4) is 5.75 Å². The molecule has 0 spiro atoms. The molecule has 0 aromatic heterocycles. The molecule has 1 saturated heterocycles. The number of sulfonamides is 1. The van der Waals surface area contributed by atoms with E-state index in [1.54, 1.807) is 35.7 Å². The van der Waals surface area contributed by atoms with Crippen LogP contribution in [0.3, 0.4) is 0 Å². The predicted octanol–water partition coefficient (Wildman–Crippen LogP) is 2.26. The number of methoxy groups -OCH3 is 1. The zero-order valence-electron chi connectivity index (χ0n) is 10.8. The van der Waals surface area contributed by atoms with Gasteiger partial charge in [-0.25, -0.2) is 8.42 Å². The normalized spacial score (nSPS) is 21.8. The first-order valence-electron chi connectivity index (χ1n) is 6.21. The van der Waals surface area contributed by atoms with Gasteiger partial charge in [0, 0.05) is 12.6 Å². The van der Waals surface area contributed by atoms with E-state index in [2.05, 4.69) is 0 Å². The van der Waals surface area contributed by atoms with E-state index < -0.39 is 10.0 Å². The van der Waals surface area contributed by atoms with Crippen LogP contribution in [-0.4, -0.2) is 32.4 Å². The molecule has 0 bridgehead atoms. The molecule has 0 saturated carbocycles. The largest absolute Gasteiger partial charge is 0.497 e. The molecule has 2 rings (SSSR count). The van der Waals surface area contributed by atoms with Gasteiger partial charge in [0.15, 0.2) is 0 Å². The van der Waals surface area contributed by atoms with Crippen LogP contribution in [0, 0.1) is 0 Å². The Labute approximate surface area is 109 Å². The zero-order valence-corrected chi connectivity index (χ0v) is 11.6. The summed E-state index contributed by atoms with van der Waals surface area (Å²) in [4.78, 5) is 0.344. The number of benzene rings is 1. The zero-order chi connectivity index (χ0) is 13.2. The molecule has 18 heavy (non-hydrogen) atoms. The van der Waals surface area contributed by atoms with Crippen LogP contribution in [0.5, 0.6) is 5.75 Å². The van der Waals surface area contributed by atoms with E-state index in [0.717, 1.165) is 19.3 Å². The fourth-order valence-electron chi connectivity index (χ4n) is 2.31. The highest BCUT2D eigenvalue weighted by Crippen LogP contribution is 2.26. The number of rotatable bonds is 3. The number of hydrogen-bond donors (Lipinski definition) is 0. The van der Waals surface area contributed by atoms with Crippen molar-refractivity contribution in [3.63, 3.8) is 0 Å². The summed E-state index contributed by atoms with van der Waals surface area (Å²) in [5, 5.41) is 0. The van der Waals surface area contributed by atoms with E-state index in [-0.39, 0.29) is 6.04 Å². The molecule has 100 valence electrons. The third kappa shape index (κ3) is 2.52. The summed E-state index contributed by atoms with van der Waals surface area (Å²) in [7, 11) is -1.79. The molecule has 1 atom stereocenters. The lowest BCUT2D eigenvalue weighted by Gasteiger charge is -2.32. The van der Waals surface area contributed by atoms with Gasteiger partial charge in [0.25, 0.3) is 0 Å². The Hall–Kier alpha value is -1.07. The van der Waals surface area contributed by atoms with Crippen molar-refractivity contribution in [2.24, 2.45) is 0 Å². The van der Waals surface area contributed by atoms with E-state index in [1.165, 1.54) is 0 Å². The molecular weight excluding hydrogens is 250 g/mol. The second kappa shape index (κ2) is 5.28. The van der Waals surface area contributed by atoms with Gasteiger partial charge in [-0.3, -0.25) is 0 Å². The number of ether oxygens (including phenoxy) is 1. The van der Waals surface area contributed by atoms with Gasteiger partial charge in [-0.2, -0.15) is 4.31 Å². The Kier molecular flexibility index (Phi) is 3.92. The lowest BCUT2D eigenvalue weighted by Crippen LogP contribution is -2.41. The summed E-state index contributed by atoms with van der Waals surface area (Å²) >= 11 is 0. The highest BCUT2D eigenvalue weighted by Gasteiger charge is 2.30. The van der Waals surface area contributed by atoms with E-state index in [4.69, 9.17) is 4.74 Å². The van der Waals surface area contributed by atoms with Crippen LogP contribution in [0.4, 0.5) is 0 Å². The fraction of sp³-hybridized carbons (Fsp3) is 0.538. The van der Waals surface area contributed by atoms with Gasteiger partial charge < -0.3 is 4.74 Å². The minimum Gasteiger partial charge on any atom is -0.497 e. The molecule has 0 unspecified atom stereocenters. The van der Waals surface area contributed by atoms with Gasteiger partial charge in [0.1, 0.15) is 5.75 Å². The van der Waals surface area contributed by atoms with Crippen LogP contribution in [0.15, 0.2) is 29.2 Å². The summed E-state index contributed by atoms with van der Waals surface area (Å²) in [6.45, 7) is 2.59. The molecule has 1 aliphatic heterocycles. The molecule has 4 nitrogen and oxygen atoms in total. The third-order valence-corrected chi connectivity index (χ3v) is 5.44. The monoisotopic (exact) mass is 269 g/mol. The summed E-state index contributed by atoms with van der Waals surface area (Å²) in [6, 6.07) is 6.67. The smallest absolute Gasteiger partial charge is 0.243 e. The average molecular weight is 269 g/mol. The Bertz CT molecular complexity index is 495. The summed E-state index contributed by atoms with van der Waals surface area (Å²) < 4.78 is 31.6. The number of nitrogens with zero attached hydrogens (tertiary/aromatic N) is 1. The Morgan fingerprint density at radius 3 is 2.44 bits per heavy atom. The summed E-state index contributed by atoms with van der Waals surface area (Å²) in [5.74, 6) is 0.667. The topological polar surface area (TPSA) is 46.6 Å². The van der Waals surface area contributed by atoms with Crippen molar-refractivity contribution in [1.29, 1.82) is 0 Å². The van der Waals surface area contributed by atoms with Gasteiger partial charge in [-0.1, -0.05) is 6.42 Å². The highest BCUT2D eigenvalue weighted by atomic mass is 32.2. The van der Waals surface area contributed by atoms with E-state index in [1.807, 2.05) is 6.92 Å². The van der Waals surface area contributed by atoms with Crippen molar-refractivity contribution in [3.05, 3.63) is 24.3 Å². The van der Waals surface area contributed by atoms with Crippen LogP contribution >= 0.6 is 0 Å². The first kappa shape index (κ1) is 13.4. The average Bonchev–Trinajstić information content (AvgIpc) is 2.39. The number of hydrogen-bond acceptors (Lipinski definition) is 3. The first-order chi connectivity index (χ1) is 8.55. The minimum atomic E-state index is -3.36. The van der Waals surface area contributed by atoms with Crippen molar-refractivity contribution >= 4 is 10.0 Å². The molecule has 1 fully saturated rings. The molecular formula is C13H19NO3S. The first-order valence-corrected chi connectivity index (χ1v) is 7.65. The minimum absolute atomic E-state index is 0.0888. The lowest BCUT2D eigenvalue weighted by atomic mass is 10.1. The second-order valence-corrected chi connectivity index (χ2v) is 6.53. The molecule has 5 heteroatoms. The maximum Gasteiger partial charge on any atom is 0.243 e. The standard InChI is InChI=1S/C13H19NO3S/c1-11-5-3-4-10-14(11)18(15,16)13-8-6-12(17-2)7-9-13/h6-9,11H,3-5,10H2,1-2H3/t11-/m1/s1. The van der Waals surface area contributed by atoms with Gasteiger partial charge in [-0.15, -0.1) is 0 Å². The fourth-order valence-corrected chi connectivity index (χ4v) is 4.01. The van der Waals surface area contributed by atoms with E-state index in [9.17, 15) is 8.42 Å². The van der Waals surface area contributed by atoms with Crippen molar-refractivity contribution in [2.75, 3.05) is 13.7 Å². The maximum absolute atomic E-state index is 12.5. The van der Waals surface area contributed by atoms with Crippen LogP contribution < -0.4 is 4.74 Å². The van der Waals surface area contributed by atoms with Crippen LogP contribution in [0.2, 0.25) is 0 Å². The molecule has 0 N–H and O–H groups in total. The molecule has 1 aliphatic rings. The molecule has 1 heterocycles. The Morgan fingerprint density at radius 2 is 1.89 bits per heavy atom. The van der Waals surface area contributed by atoms with Crippen LogP contribution in [0.25, 0.3) is 0 Å². The highest BCUT2D eigenvalue weighted by molar-refractivity contribution is 7.89. The lowest BCUT2D eigenvalue weighted by molar-refractivity contribution is 0.268. The van der Waals surface area contributed by atoms with E-state index in [0.29, 0.717) is 17.2 Å². The van der Waals surface area contributed by atoms with E-state index >= 15 is 0 Å². The van der Waals surface area contributed by atoms with Gasteiger partial charge in [0.05, 0.1) is 12.0 Å². The van der Waals surface area contributed by atoms with Crippen LogP contribution in [-0.2, 0) is 10.0 Å². The van der Waals surface area contributed by atoms with Crippen molar-refractivity contribution < 1.29 is 13.2 Å². The van der Waals surface area contributed by atoms with Crippen molar-refractivity contribution in [1.82, 2.24) is 4.31 Å². The van der Waals surface area contributed by atoms with Crippen molar-refractivity contribution in [2.45, 2.75) is 37.1 Å². The quantitative estimate of drug-likeness (QED) is 0.845. The van der Waals surface area contributed by atoms with Crippen LogP contribution in [0.1, 0.15) is 26.2 Å². The molecule has 1 aromatic rings. The SMILES string of the molecule is COc1ccc(S(=O)(=O)N2CCCC[C@H]2C)cc1. The Morgan fingerprint density at radius 1 is 1.22 bits per heavy atom. The molecule has 0 amide bonds. The summed E-state index contributed by atoms with van der Waals surface area (Å²) in [6.07, 6.45) is 2.99. The summed E-state index contributed by atoms with van der Waals surface area (Å²) in [5.41, 5.74) is 0. The van der Waals surface area contributed by atoms with Gasteiger partial charge in [-0.05, 0) is 44.0 Å². The van der Waals surface area contributed by atoms with Gasteiger partial charge >= 0.3 is 0 Å². The maximum atomic E-state index is 12.5. The Balaban J connectivity index is 2.28. The third-order valence-electron chi connectivity index (χ3n) is 3.41. The van der Waals surface area contributed by atoms with Gasteiger partial charge in [0.2, 0.25) is 10.0 Å².